The van der Waals surface area contributed by atoms with Crippen LogP contribution in [-0.4, -0.2) is 24.4 Å². The van der Waals surface area contributed by atoms with Crippen LogP contribution in [0.15, 0.2) is 24.3 Å². The maximum atomic E-state index is 11.4. The number of hydrogen-bond donors (Lipinski definition) is 0. The SMILES string of the molecule is O=C(CCC(=O)Oc1ccccc1Cl)OCCCl. The van der Waals surface area contributed by atoms with Crippen molar-refractivity contribution in [1.29, 1.82) is 0 Å². The summed E-state index contributed by atoms with van der Waals surface area (Å²) >= 11 is 11.2. The second kappa shape index (κ2) is 7.95. The van der Waals surface area contributed by atoms with Crippen molar-refractivity contribution < 1.29 is 19.1 Å². The van der Waals surface area contributed by atoms with Crippen LogP contribution in [-0.2, 0) is 14.3 Å². The van der Waals surface area contributed by atoms with Gasteiger partial charge in [0.1, 0.15) is 12.4 Å². The van der Waals surface area contributed by atoms with Crippen LogP contribution in [0.4, 0.5) is 0 Å². The third-order valence-electron chi connectivity index (χ3n) is 1.93. The number of hydrogen-bond acceptors (Lipinski definition) is 4. The molecule has 0 N–H and O–H groups in total. The fourth-order valence-electron chi connectivity index (χ4n) is 1.13. The zero-order chi connectivity index (χ0) is 13.4. The number of esters is 2. The fourth-order valence-corrected chi connectivity index (χ4v) is 1.38. The predicted molar refractivity (Wildman–Crippen MR) is 68.0 cm³/mol. The van der Waals surface area contributed by atoms with Crippen molar-refractivity contribution in [2.75, 3.05) is 12.5 Å². The van der Waals surface area contributed by atoms with Crippen LogP contribution in [0, 0.1) is 0 Å². The lowest BCUT2D eigenvalue weighted by Crippen LogP contribution is -2.13. The van der Waals surface area contributed by atoms with Gasteiger partial charge in [-0.15, -0.1) is 11.6 Å². The van der Waals surface area contributed by atoms with Gasteiger partial charge in [-0.25, -0.2) is 0 Å². The van der Waals surface area contributed by atoms with E-state index in [1.165, 1.54) is 0 Å². The highest BCUT2D eigenvalue weighted by Crippen LogP contribution is 2.23. The van der Waals surface area contributed by atoms with Gasteiger partial charge in [0.15, 0.2) is 0 Å². The van der Waals surface area contributed by atoms with Crippen molar-refractivity contribution in [3.8, 4) is 5.75 Å². The monoisotopic (exact) mass is 290 g/mol. The van der Waals surface area contributed by atoms with Crippen LogP contribution in [0.3, 0.4) is 0 Å². The summed E-state index contributed by atoms with van der Waals surface area (Å²) in [5, 5.41) is 0.343. The van der Waals surface area contributed by atoms with Crippen LogP contribution in [0.2, 0.25) is 5.02 Å². The molecule has 0 heterocycles. The number of rotatable bonds is 6. The molecule has 0 saturated heterocycles. The van der Waals surface area contributed by atoms with Gasteiger partial charge in [0, 0.05) is 0 Å². The van der Waals surface area contributed by atoms with Crippen LogP contribution < -0.4 is 4.74 Å². The molecule has 0 unspecified atom stereocenters. The first-order chi connectivity index (χ1) is 8.63. The summed E-state index contributed by atoms with van der Waals surface area (Å²) in [6, 6.07) is 6.61. The van der Waals surface area contributed by atoms with E-state index in [9.17, 15) is 9.59 Å². The molecule has 0 aliphatic carbocycles. The van der Waals surface area contributed by atoms with E-state index in [0.717, 1.165) is 0 Å². The number of benzene rings is 1. The molecule has 4 nitrogen and oxygen atoms in total. The topological polar surface area (TPSA) is 52.6 Å². The Kier molecular flexibility index (Phi) is 6.54. The van der Waals surface area contributed by atoms with Crippen LogP contribution in [0.5, 0.6) is 5.75 Å². The van der Waals surface area contributed by atoms with Crippen LogP contribution in [0.25, 0.3) is 0 Å². The van der Waals surface area contributed by atoms with E-state index >= 15 is 0 Å². The van der Waals surface area contributed by atoms with Gasteiger partial charge in [-0.2, -0.15) is 0 Å². The third kappa shape index (κ3) is 5.38. The summed E-state index contributed by atoms with van der Waals surface area (Å²) in [5.74, 6) is -0.508. The van der Waals surface area contributed by atoms with Crippen molar-refractivity contribution in [3.05, 3.63) is 29.3 Å². The first-order valence-electron chi connectivity index (χ1n) is 5.30. The minimum atomic E-state index is -0.536. The normalized spacial score (nSPS) is 9.89. The third-order valence-corrected chi connectivity index (χ3v) is 2.40. The second-order valence-corrected chi connectivity index (χ2v) is 4.10. The Hall–Kier alpha value is -1.26. The van der Waals surface area contributed by atoms with Gasteiger partial charge >= 0.3 is 11.9 Å². The largest absolute Gasteiger partial charge is 0.464 e. The van der Waals surface area contributed by atoms with Crippen molar-refractivity contribution in [2.45, 2.75) is 12.8 Å². The molecule has 18 heavy (non-hydrogen) atoms. The molecule has 0 aromatic heterocycles. The molecule has 0 aliphatic rings. The highest BCUT2D eigenvalue weighted by molar-refractivity contribution is 6.32. The van der Waals surface area contributed by atoms with E-state index in [4.69, 9.17) is 32.7 Å². The number of carbonyl (C=O) groups is 2. The Morgan fingerprint density at radius 1 is 1.11 bits per heavy atom. The molecule has 98 valence electrons. The van der Waals surface area contributed by atoms with Gasteiger partial charge < -0.3 is 9.47 Å². The molecule has 0 radical (unpaired) electrons. The summed E-state index contributed by atoms with van der Waals surface area (Å²) in [4.78, 5) is 22.5. The molecule has 6 heteroatoms. The van der Waals surface area contributed by atoms with Crippen LogP contribution in [0.1, 0.15) is 12.8 Å². The van der Waals surface area contributed by atoms with Gasteiger partial charge in [-0.1, -0.05) is 23.7 Å². The standard InChI is InChI=1S/C12H12Cl2O4/c13-7-8-17-11(15)5-6-12(16)18-10-4-2-1-3-9(10)14/h1-4H,5-8H2. The number of ether oxygens (including phenoxy) is 2. The van der Waals surface area contributed by atoms with Gasteiger partial charge in [0.2, 0.25) is 0 Å². The minimum Gasteiger partial charge on any atom is -0.464 e. The first-order valence-corrected chi connectivity index (χ1v) is 6.21. The second-order valence-electron chi connectivity index (χ2n) is 3.31. The number of para-hydroxylation sites is 1. The van der Waals surface area contributed by atoms with E-state index in [-0.39, 0.29) is 31.1 Å². The molecule has 0 fully saturated rings. The Morgan fingerprint density at radius 2 is 1.78 bits per heavy atom. The summed E-state index contributed by atoms with van der Waals surface area (Å²) < 4.78 is 9.71. The lowest BCUT2D eigenvalue weighted by Gasteiger charge is -2.05. The van der Waals surface area contributed by atoms with E-state index in [1.807, 2.05) is 0 Å². The molecule has 0 saturated carbocycles. The first kappa shape index (κ1) is 14.8. The molecule has 1 aromatic rings. The van der Waals surface area contributed by atoms with E-state index < -0.39 is 11.9 Å². The zero-order valence-electron chi connectivity index (χ0n) is 9.53. The smallest absolute Gasteiger partial charge is 0.311 e. The quantitative estimate of drug-likeness (QED) is 0.459. The Morgan fingerprint density at radius 3 is 2.44 bits per heavy atom. The van der Waals surface area contributed by atoms with Crippen molar-refractivity contribution in [2.24, 2.45) is 0 Å². The molecule has 0 amide bonds. The molecule has 1 aromatic carbocycles. The molecule has 0 bridgehead atoms. The molecule has 0 aliphatic heterocycles. The molecular weight excluding hydrogens is 279 g/mol. The average Bonchev–Trinajstić information content (AvgIpc) is 2.36. The van der Waals surface area contributed by atoms with Crippen molar-refractivity contribution in [1.82, 2.24) is 0 Å². The van der Waals surface area contributed by atoms with Gasteiger partial charge in [0.05, 0.1) is 23.7 Å². The molecular formula is C12H12Cl2O4. The summed E-state index contributed by atoms with van der Waals surface area (Å²) in [6.07, 6.45) is -0.105. The average molecular weight is 291 g/mol. The van der Waals surface area contributed by atoms with Gasteiger partial charge in [0.25, 0.3) is 0 Å². The maximum Gasteiger partial charge on any atom is 0.311 e. The van der Waals surface area contributed by atoms with Gasteiger partial charge in [-0.3, -0.25) is 9.59 Å². The number of halogens is 2. The minimum absolute atomic E-state index is 0.0415. The molecule has 0 atom stereocenters. The lowest BCUT2D eigenvalue weighted by atomic mass is 10.3. The number of alkyl halides is 1. The lowest BCUT2D eigenvalue weighted by molar-refractivity contribution is -0.146. The predicted octanol–water partition coefficient (Wildman–Crippen LogP) is 2.81. The van der Waals surface area contributed by atoms with Gasteiger partial charge in [-0.05, 0) is 12.1 Å². The summed E-state index contributed by atoms with van der Waals surface area (Å²) in [7, 11) is 0. The Bertz CT molecular complexity index is 420. The molecule has 1 rings (SSSR count). The van der Waals surface area contributed by atoms with Crippen LogP contribution >= 0.6 is 23.2 Å². The van der Waals surface area contributed by atoms with E-state index in [2.05, 4.69) is 0 Å². The van der Waals surface area contributed by atoms with Crippen molar-refractivity contribution in [3.63, 3.8) is 0 Å². The van der Waals surface area contributed by atoms with E-state index in [1.54, 1.807) is 24.3 Å². The summed E-state index contributed by atoms with van der Waals surface area (Å²) in [5.41, 5.74) is 0. The highest BCUT2D eigenvalue weighted by atomic mass is 35.5. The molecule has 0 spiro atoms. The zero-order valence-corrected chi connectivity index (χ0v) is 11.0. The number of carbonyl (C=O) groups excluding carboxylic acids is 2. The fraction of sp³-hybridized carbons (Fsp3) is 0.333. The Balaban J connectivity index is 2.34. The summed E-state index contributed by atoms with van der Waals surface area (Å²) in [6.45, 7) is 0.139. The Labute approximate surface area is 115 Å². The van der Waals surface area contributed by atoms with Crippen molar-refractivity contribution >= 4 is 35.1 Å². The highest BCUT2D eigenvalue weighted by Gasteiger charge is 2.11. The van der Waals surface area contributed by atoms with E-state index in [0.29, 0.717) is 5.02 Å². The maximum absolute atomic E-state index is 11.4.